The fourth-order valence-corrected chi connectivity index (χ4v) is 9.09. The van der Waals surface area contributed by atoms with Crippen LogP contribution in [0.2, 0.25) is 10.0 Å². The fourth-order valence-electron chi connectivity index (χ4n) is 7.28. The molecule has 4 heterocycles. The van der Waals surface area contributed by atoms with E-state index in [4.69, 9.17) is 42.1 Å². The van der Waals surface area contributed by atoms with Gasteiger partial charge < -0.3 is 28.9 Å². The molecule has 4 aliphatic rings. The number of esters is 2. The number of pyridine rings is 1. The fraction of sp³-hybridized carbons (Fsp3) is 0.390. The minimum atomic E-state index is -4.54. The van der Waals surface area contributed by atoms with Gasteiger partial charge in [0.05, 0.1) is 24.2 Å². The highest BCUT2D eigenvalue weighted by molar-refractivity contribution is 7.89. The minimum Gasteiger partial charge on any atom is -0.619 e. The van der Waals surface area contributed by atoms with Crippen LogP contribution in [0.3, 0.4) is 0 Å². The largest absolute Gasteiger partial charge is 0.619 e. The number of sulfonamides is 1. The van der Waals surface area contributed by atoms with Crippen molar-refractivity contribution in [3.8, 4) is 17.2 Å². The lowest BCUT2D eigenvalue weighted by Gasteiger charge is -2.44. The highest BCUT2D eigenvalue weighted by atomic mass is 35.5. The van der Waals surface area contributed by atoms with Crippen LogP contribution in [-0.2, 0) is 30.7 Å². The molecule has 4 aromatic rings. The smallest absolute Gasteiger partial charge is 0.387 e. The monoisotopic (exact) mass is 875 g/mol. The summed E-state index contributed by atoms with van der Waals surface area (Å²) in [5.74, 6) is -1.37. The second-order valence-electron chi connectivity index (χ2n) is 14.7. The Balaban J connectivity index is 1.17. The van der Waals surface area contributed by atoms with Crippen molar-refractivity contribution in [2.75, 3.05) is 33.4 Å². The Hall–Kier alpha value is -4.74. The molecule has 1 saturated carbocycles. The van der Waals surface area contributed by atoms with Crippen molar-refractivity contribution in [2.24, 2.45) is 11.8 Å². The molecule has 2 bridgehead atoms. The standard InChI is InChI=1S/C41H41Cl2F2N3O10S/c1-54-33-8-3-2-7-29(33)38(40(50)57-37-22-47-15-13-25(37)14-16-47)46-59(52,53)28-6-4-5-27(17-28)39(49)56-35(19-30-31(42)20-48(51)21-32(30)43)26-11-12-34(58-41(44)45)36(18-26)55-23-24-9-10-24/h2-8,11-12,17-18,20-21,24-25,35,37-38,41,46H,9-10,13-16,19,22-23H2,1H3/t35?,37-,38?/m0/s1. The first-order chi connectivity index (χ1) is 28.3. The predicted molar refractivity (Wildman–Crippen MR) is 210 cm³/mol. The molecule has 13 nitrogen and oxygen atoms in total. The number of rotatable bonds is 17. The Labute approximate surface area is 349 Å². The average Bonchev–Trinajstić information content (AvgIpc) is 4.05. The van der Waals surface area contributed by atoms with Crippen LogP contribution < -0.4 is 23.7 Å². The molecule has 0 amide bonds. The third kappa shape index (κ3) is 10.4. The number of alkyl halides is 2. The maximum Gasteiger partial charge on any atom is 0.387 e. The second-order valence-corrected chi connectivity index (χ2v) is 17.2. The molecule has 59 heavy (non-hydrogen) atoms. The number of ether oxygens (including phenoxy) is 5. The van der Waals surface area contributed by atoms with Crippen LogP contribution in [0.15, 0.2) is 84.0 Å². The molecule has 1 aromatic heterocycles. The van der Waals surface area contributed by atoms with Gasteiger partial charge >= 0.3 is 18.6 Å². The lowest BCUT2D eigenvalue weighted by atomic mass is 9.86. The topological polar surface area (TPSA) is 157 Å². The van der Waals surface area contributed by atoms with Gasteiger partial charge in [-0.1, -0.05) is 53.5 Å². The molecule has 1 aliphatic carbocycles. The molecule has 0 spiro atoms. The van der Waals surface area contributed by atoms with E-state index in [0.29, 0.717) is 11.3 Å². The molecule has 0 radical (unpaired) electrons. The first-order valence-electron chi connectivity index (χ1n) is 18.9. The number of halogens is 4. The summed E-state index contributed by atoms with van der Waals surface area (Å²) in [5, 5.41) is 11.9. The van der Waals surface area contributed by atoms with Crippen LogP contribution in [0.1, 0.15) is 64.9 Å². The molecule has 18 heteroatoms. The van der Waals surface area contributed by atoms with Gasteiger partial charge in [0.25, 0.3) is 0 Å². The van der Waals surface area contributed by atoms with Crippen molar-refractivity contribution < 1.29 is 55.2 Å². The Kier molecular flexibility index (Phi) is 13.1. The molecular formula is C41H41Cl2F2N3O10S. The summed E-state index contributed by atoms with van der Waals surface area (Å²) >= 11 is 12.8. The van der Waals surface area contributed by atoms with Crippen molar-refractivity contribution in [3.63, 3.8) is 0 Å². The molecule has 314 valence electrons. The number of para-hydroxylation sites is 1. The highest BCUT2D eigenvalue weighted by Crippen LogP contribution is 2.39. The summed E-state index contributed by atoms with van der Waals surface area (Å²) in [5.41, 5.74) is 0.546. The maximum atomic E-state index is 14.1. The number of hydrogen-bond donors (Lipinski definition) is 1. The van der Waals surface area contributed by atoms with Gasteiger partial charge in [0, 0.05) is 24.1 Å². The Morgan fingerprint density at radius 3 is 2.34 bits per heavy atom. The normalized spacial score (nSPS) is 19.8. The quantitative estimate of drug-likeness (QED) is 0.0675. The number of aromatic nitrogens is 1. The lowest BCUT2D eigenvalue weighted by Crippen LogP contribution is -2.52. The van der Waals surface area contributed by atoms with Crippen molar-refractivity contribution in [3.05, 3.63) is 117 Å². The van der Waals surface area contributed by atoms with Crippen LogP contribution in [0.25, 0.3) is 0 Å². The number of piperidine rings is 3. The van der Waals surface area contributed by atoms with Gasteiger partial charge in [0.1, 0.15) is 34.0 Å². The predicted octanol–water partition coefficient (Wildman–Crippen LogP) is 6.82. The van der Waals surface area contributed by atoms with Crippen molar-refractivity contribution in [1.29, 1.82) is 0 Å². The second kappa shape index (κ2) is 18.3. The van der Waals surface area contributed by atoms with Gasteiger partial charge in [-0.2, -0.15) is 18.2 Å². The summed E-state index contributed by atoms with van der Waals surface area (Å²) in [6.07, 6.45) is 3.89. The van der Waals surface area contributed by atoms with E-state index >= 15 is 0 Å². The van der Waals surface area contributed by atoms with Gasteiger partial charge in [-0.15, -0.1) is 0 Å². The Morgan fingerprint density at radius 1 is 0.949 bits per heavy atom. The number of carbonyl (C=O) groups is 2. The first kappa shape index (κ1) is 42.4. The molecule has 3 atom stereocenters. The molecule has 1 N–H and O–H groups in total. The summed E-state index contributed by atoms with van der Waals surface area (Å²) in [6, 6.07) is 14.0. The highest BCUT2D eigenvalue weighted by Gasteiger charge is 2.39. The summed E-state index contributed by atoms with van der Waals surface area (Å²) < 4.78 is 85.7. The number of nitrogens with one attached hydrogen (secondary N) is 1. The third-order valence-corrected chi connectivity index (χ3v) is 12.7. The molecular weight excluding hydrogens is 835 g/mol. The summed E-state index contributed by atoms with van der Waals surface area (Å²) in [7, 11) is -3.14. The SMILES string of the molecule is COc1ccccc1C(NS(=O)(=O)c1cccc(C(=O)OC(Cc2c(Cl)c[n+]([O-])cc2Cl)c2ccc(OC(F)F)c(OCC3CC3)c2)c1)C(=O)O[C@H]1CN2CCC1CC2. The van der Waals surface area contributed by atoms with Crippen LogP contribution in [-0.4, -0.2) is 71.3 Å². The van der Waals surface area contributed by atoms with Gasteiger partial charge in [0.2, 0.25) is 10.0 Å². The van der Waals surface area contributed by atoms with Crippen molar-refractivity contribution >= 4 is 45.2 Å². The van der Waals surface area contributed by atoms with E-state index in [9.17, 15) is 32.0 Å². The third-order valence-electron chi connectivity index (χ3n) is 10.6. The first-order valence-corrected chi connectivity index (χ1v) is 21.2. The molecule has 3 aliphatic heterocycles. The van der Waals surface area contributed by atoms with Crippen LogP contribution in [0, 0.1) is 17.0 Å². The Morgan fingerprint density at radius 2 is 1.68 bits per heavy atom. The van der Waals surface area contributed by atoms with Gasteiger partial charge in [-0.25, -0.2) is 18.0 Å². The molecule has 8 rings (SSSR count). The maximum absolute atomic E-state index is 14.1. The van der Waals surface area contributed by atoms with E-state index in [1.54, 1.807) is 24.3 Å². The van der Waals surface area contributed by atoms with E-state index < -0.39 is 46.8 Å². The molecule has 2 unspecified atom stereocenters. The van der Waals surface area contributed by atoms with E-state index in [1.165, 1.54) is 43.5 Å². The average molecular weight is 877 g/mol. The number of fused-ring (bicyclic) bond motifs is 3. The van der Waals surface area contributed by atoms with Gasteiger partial charge in [-0.3, -0.25) is 4.90 Å². The zero-order valence-electron chi connectivity index (χ0n) is 31.7. The van der Waals surface area contributed by atoms with Gasteiger partial charge in [0.15, 0.2) is 23.9 Å². The van der Waals surface area contributed by atoms with Crippen LogP contribution in [0.5, 0.6) is 17.2 Å². The van der Waals surface area contributed by atoms with Crippen molar-refractivity contribution in [2.45, 2.75) is 61.9 Å². The zero-order chi connectivity index (χ0) is 41.8. The van der Waals surface area contributed by atoms with Crippen LogP contribution in [0.4, 0.5) is 8.78 Å². The summed E-state index contributed by atoms with van der Waals surface area (Å²) in [4.78, 5) is 29.7. The summed E-state index contributed by atoms with van der Waals surface area (Å²) in [6.45, 7) is -0.519. The molecule has 4 fully saturated rings. The molecule has 3 aromatic carbocycles. The number of methoxy groups -OCH3 is 1. The minimum absolute atomic E-state index is 0.0193. The lowest BCUT2D eigenvalue weighted by molar-refractivity contribution is -0.605. The van der Waals surface area contributed by atoms with E-state index in [-0.39, 0.29) is 79.3 Å². The Bertz CT molecular complexity index is 2270. The number of nitrogens with zero attached hydrogens (tertiary/aromatic N) is 2. The van der Waals surface area contributed by atoms with Crippen LogP contribution >= 0.6 is 23.2 Å². The number of hydrogen-bond acceptors (Lipinski definition) is 11. The van der Waals surface area contributed by atoms with E-state index in [2.05, 4.69) is 14.4 Å². The zero-order valence-corrected chi connectivity index (χ0v) is 34.1. The molecule has 3 saturated heterocycles. The number of carbonyl (C=O) groups excluding carboxylic acids is 2. The number of benzene rings is 3. The van der Waals surface area contributed by atoms with Gasteiger partial charge in [-0.05, 0) is 92.6 Å². The van der Waals surface area contributed by atoms with Crippen molar-refractivity contribution in [1.82, 2.24) is 9.62 Å². The van der Waals surface area contributed by atoms with E-state index in [1.807, 2.05) is 0 Å². The van der Waals surface area contributed by atoms with E-state index in [0.717, 1.165) is 57.2 Å².